The topological polar surface area (TPSA) is 16.4 Å². The molecule has 0 N–H and O–H groups in total. The fraction of sp³-hybridized carbons (Fsp3) is 0.0909. The normalized spacial score (nSPS) is 15.6. The molecule has 57 heavy (non-hydrogen) atoms. The van der Waals surface area contributed by atoms with E-state index in [9.17, 15) is 0 Å². The maximum atomic E-state index is 6.55. The number of allylic oxidation sites excluding steroid dienone is 8. The fourth-order valence-corrected chi connectivity index (χ4v) is 9.86. The lowest BCUT2D eigenvalue weighted by molar-refractivity contribution is 0.670. The molecular weight excluding hydrogens is 691 g/mol. The lowest BCUT2D eigenvalue weighted by atomic mass is 9.65. The molecule has 2 heteroatoms. The second-order valence-electron chi connectivity index (χ2n) is 15.4. The second kappa shape index (κ2) is 13.7. The average Bonchev–Trinajstić information content (AvgIpc) is 3.82. The van der Waals surface area contributed by atoms with Crippen LogP contribution in [-0.2, 0) is 5.41 Å². The molecule has 0 saturated carbocycles. The predicted octanol–water partition coefficient (Wildman–Crippen LogP) is 14.6. The Bertz CT molecular complexity index is 2900. The number of furan rings is 1. The van der Waals surface area contributed by atoms with E-state index >= 15 is 0 Å². The number of fused-ring (bicyclic) bond motifs is 5. The van der Waals surface area contributed by atoms with Crippen molar-refractivity contribution in [2.45, 2.75) is 31.1 Å². The molecule has 0 spiro atoms. The van der Waals surface area contributed by atoms with Crippen molar-refractivity contribution in [2.75, 3.05) is 4.90 Å². The molecule has 0 aliphatic heterocycles. The smallest absolute Gasteiger partial charge is 0.143 e. The Morgan fingerprint density at radius 2 is 1.19 bits per heavy atom. The highest BCUT2D eigenvalue weighted by molar-refractivity contribution is 6.09. The summed E-state index contributed by atoms with van der Waals surface area (Å²) < 4.78 is 6.55. The van der Waals surface area contributed by atoms with Gasteiger partial charge in [-0.3, -0.25) is 0 Å². The molecule has 1 aromatic heterocycles. The Labute approximate surface area is 334 Å². The molecule has 0 radical (unpaired) electrons. The summed E-state index contributed by atoms with van der Waals surface area (Å²) in [7, 11) is 0. The molecule has 2 nitrogen and oxygen atoms in total. The number of nitrogens with zero attached hydrogens (tertiary/aromatic N) is 1. The van der Waals surface area contributed by atoms with Crippen LogP contribution >= 0.6 is 0 Å². The summed E-state index contributed by atoms with van der Waals surface area (Å²) in [5.74, 6) is 0. The van der Waals surface area contributed by atoms with Crippen LogP contribution in [0.15, 0.2) is 216 Å². The van der Waals surface area contributed by atoms with Crippen LogP contribution in [0.1, 0.15) is 53.5 Å². The predicted molar refractivity (Wildman–Crippen MR) is 238 cm³/mol. The molecule has 272 valence electrons. The maximum absolute atomic E-state index is 6.55. The van der Waals surface area contributed by atoms with Gasteiger partial charge in [0.05, 0.1) is 5.41 Å². The zero-order valence-corrected chi connectivity index (χ0v) is 31.7. The van der Waals surface area contributed by atoms with E-state index in [4.69, 9.17) is 4.42 Å². The van der Waals surface area contributed by atoms with Gasteiger partial charge in [0.1, 0.15) is 11.2 Å². The van der Waals surface area contributed by atoms with Gasteiger partial charge in [-0.25, -0.2) is 0 Å². The first kappa shape index (κ1) is 33.4. The Hall–Kier alpha value is -6.90. The molecule has 0 bridgehead atoms. The SMILES string of the molecule is C1=CC2=C(CC1)C(c1ccccc1)(c1ccccc1)c1cc(N(C3=CC=C(c4ccccc4)CC3)c3cccc(-c4cccc5c4oc4ccccc45)c3)ccc12. The molecule has 1 heterocycles. The monoisotopic (exact) mass is 731 g/mol. The van der Waals surface area contributed by atoms with Crippen LogP contribution in [0.2, 0.25) is 0 Å². The standard InChI is InChI=1S/C55H41NO/c1-4-16-38(17-5-1)39-30-32-43(33-31-39)56(44-23-14-18-40(36-44)46-26-15-27-50-49-25-11-13-29-53(49)57-54(46)50)45-34-35-48-47-24-10-12-28-51(47)55(52(48)37-45,41-19-6-2-7-20-41)42-21-8-3-9-22-42/h1-11,13-27,29-30,32,34-37H,12,28,31,33H2. The van der Waals surface area contributed by atoms with E-state index in [0.29, 0.717) is 0 Å². The van der Waals surface area contributed by atoms with Crippen LogP contribution in [-0.4, -0.2) is 0 Å². The van der Waals surface area contributed by atoms with Crippen LogP contribution < -0.4 is 4.90 Å². The van der Waals surface area contributed by atoms with E-state index in [1.165, 1.54) is 50.2 Å². The van der Waals surface area contributed by atoms with Crippen LogP contribution in [0, 0.1) is 0 Å². The highest BCUT2D eigenvalue weighted by Crippen LogP contribution is 2.58. The Morgan fingerprint density at radius 3 is 1.96 bits per heavy atom. The first-order valence-corrected chi connectivity index (χ1v) is 20.2. The third-order valence-corrected chi connectivity index (χ3v) is 12.4. The van der Waals surface area contributed by atoms with Crippen molar-refractivity contribution in [1.82, 2.24) is 0 Å². The summed E-state index contributed by atoms with van der Waals surface area (Å²) in [5, 5.41) is 2.28. The second-order valence-corrected chi connectivity index (χ2v) is 15.4. The third kappa shape index (κ3) is 5.39. The van der Waals surface area contributed by atoms with Crippen molar-refractivity contribution in [1.29, 1.82) is 0 Å². The number of anilines is 2. The molecule has 8 aromatic rings. The molecule has 0 fully saturated rings. The number of para-hydroxylation sites is 2. The largest absolute Gasteiger partial charge is 0.455 e. The van der Waals surface area contributed by atoms with Gasteiger partial charge in [0.2, 0.25) is 0 Å². The van der Waals surface area contributed by atoms with E-state index in [0.717, 1.165) is 70.1 Å². The van der Waals surface area contributed by atoms with Gasteiger partial charge in [-0.2, -0.15) is 0 Å². The minimum Gasteiger partial charge on any atom is -0.455 e. The lowest BCUT2D eigenvalue weighted by Gasteiger charge is -2.37. The van der Waals surface area contributed by atoms with Gasteiger partial charge in [0.15, 0.2) is 0 Å². The van der Waals surface area contributed by atoms with Crippen LogP contribution in [0.4, 0.5) is 11.4 Å². The quantitative estimate of drug-likeness (QED) is 0.162. The summed E-state index contributed by atoms with van der Waals surface area (Å²) in [6.07, 6.45) is 13.4. The summed E-state index contributed by atoms with van der Waals surface area (Å²) in [5.41, 5.74) is 18.0. The minimum absolute atomic E-state index is 0.403. The molecule has 3 aliphatic carbocycles. The Morgan fingerprint density at radius 1 is 0.509 bits per heavy atom. The molecule has 0 unspecified atom stereocenters. The van der Waals surface area contributed by atoms with E-state index in [1.54, 1.807) is 0 Å². The van der Waals surface area contributed by atoms with Crippen LogP contribution in [0.5, 0.6) is 0 Å². The van der Waals surface area contributed by atoms with Crippen molar-refractivity contribution in [3.63, 3.8) is 0 Å². The Balaban J connectivity index is 1.12. The zero-order valence-electron chi connectivity index (χ0n) is 31.7. The van der Waals surface area contributed by atoms with E-state index in [-0.39, 0.29) is 0 Å². The van der Waals surface area contributed by atoms with Gasteiger partial charge in [-0.05, 0) is 112 Å². The van der Waals surface area contributed by atoms with Gasteiger partial charge in [0, 0.05) is 33.4 Å². The van der Waals surface area contributed by atoms with Gasteiger partial charge in [-0.15, -0.1) is 0 Å². The van der Waals surface area contributed by atoms with Gasteiger partial charge >= 0.3 is 0 Å². The molecule has 3 aliphatic rings. The molecule has 0 atom stereocenters. The summed E-state index contributed by atoms with van der Waals surface area (Å²) in [6.45, 7) is 0. The maximum Gasteiger partial charge on any atom is 0.143 e. The lowest BCUT2D eigenvalue weighted by Crippen LogP contribution is -2.30. The minimum atomic E-state index is -0.403. The zero-order chi connectivity index (χ0) is 37.8. The molecule has 0 amide bonds. The van der Waals surface area contributed by atoms with E-state index in [2.05, 4.69) is 199 Å². The van der Waals surface area contributed by atoms with Crippen LogP contribution in [0.3, 0.4) is 0 Å². The van der Waals surface area contributed by atoms with E-state index in [1.807, 2.05) is 6.07 Å². The first-order valence-electron chi connectivity index (χ1n) is 20.2. The van der Waals surface area contributed by atoms with Crippen molar-refractivity contribution in [2.24, 2.45) is 0 Å². The van der Waals surface area contributed by atoms with Gasteiger partial charge < -0.3 is 9.32 Å². The Kier molecular flexibility index (Phi) is 8.03. The van der Waals surface area contributed by atoms with Crippen molar-refractivity contribution in [3.05, 3.63) is 239 Å². The highest BCUT2D eigenvalue weighted by atomic mass is 16.3. The van der Waals surface area contributed by atoms with Crippen molar-refractivity contribution < 1.29 is 4.42 Å². The number of hydrogen-bond donors (Lipinski definition) is 0. The number of rotatable bonds is 7. The molecule has 11 rings (SSSR count). The highest BCUT2D eigenvalue weighted by Gasteiger charge is 2.47. The molecule has 7 aromatic carbocycles. The molecule has 0 saturated heterocycles. The summed E-state index contributed by atoms with van der Waals surface area (Å²) >= 11 is 0. The number of hydrogen-bond acceptors (Lipinski definition) is 2. The van der Waals surface area contributed by atoms with Crippen LogP contribution in [0.25, 0.3) is 44.2 Å². The fourth-order valence-electron chi connectivity index (χ4n) is 9.86. The number of benzene rings is 7. The van der Waals surface area contributed by atoms with E-state index < -0.39 is 5.41 Å². The van der Waals surface area contributed by atoms with Gasteiger partial charge in [0.25, 0.3) is 0 Å². The third-order valence-electron chi connectivity index (χ3n) is 12.4. The summed E-state index contributed by atoms with van der Waals surface area (Å²) in [4.78, 5) is 2.51. The average molecular weight is 732 g/mol. The van der Waals surface area contributed by atoms with Crippen molar-refractivity contribution >= 4 is 44.5 Å². The summed E-state index contributed by atoms with van der Waals surface area (Å²) in [6, 6.07) is 64.3. The van der Waals surface area contributed by atoms with Crippen molar-refractivity contribution in [3.8, 4) is 11.1 Å². The first-order chi connectivity index (χ1) is 28.3. The van der Waals surface area contributed by atoms with Gasteiger partial charge in [-0.1, -0.05) is 164 Å². The molecular formula is C55H41NO.